The Labute approximate surface area is 389 Å². The van der Waals surface area contributed by atoms with Gasteiger partial charge < -0.3 is 0 Å². The van der Waals surface area contributed by atoms with Gasteiger partial charge in [0.05, 0.1) is 32.1 Å². The standard InChI is InChI=1S/C59H34B2N2OS2/c64-59-62-53-46(60(44-23-11-7-19-38(44)35-15-3-1-4-16-35)48-33-29-42-40-21-9-13-25-50(40)65-57(42)55(48)62)31-27-37-28-32-47-54(52(37)53)63(59)56-49(34-30-43-41-22-10-14-26-51(41)66-58(43)56)61(47)45-24-12-8-20-39(45)36-17-5-2-6-18-36/h1-34H. The Morgan fingerprint density at radius 1 is 0.333 bits per heavy atom. The van der Waals surface area contributed by atoms with Crippen molar-refractivity contribution in [1.82, 2.24) is 0 Å². The number of carbonyl (C=O) groups excluding carboxylic acids is 1. The van der Waals surface area contributed by atoms with E-state index >= 15 is 4.79 Å². The normalized spacial score (nSPS) is 13.7. The van der Waals surface area contributed by atoms with Gasteiger partial charge in [0.1, 0.15) is 0 Å². The molecule has 0 radical (unpaired) electrons. The van der Waals surface area contributed by atoms with E-state index < -0.39 is 0 Å². The molecule has 0 atom stereocenters. The lowest BCUT2D eigenvalue weighted by Gasteiger charge is -2.46. The van der Waals surface area contributed by atoms with Gasteiger partial charge in [0.2, 0.25) is 13.4 Å². The summed E-state index contributed by atoms with van der Waals surface area (Å²) in [6.45, 7) is -0.284. The summed E-state index contributed by atoms with van der Waals surface area (Å²) in [5.41, 5.74) is 15.8. The molecule has 0 N–H and O–H groups in total. The third kappa shape index (κ3) is 4.86. The van der Waals surface area contributed by atoms with Crippen LogP contribution in [0.25, 0.3) is 73.4 Å². The van der Waals surface area contributed by atoms with Crippen molar-refractivity contribution in [3.05, 3.63) is 206 Å². The molecule has 304 valence electrons. The molecule has 0 bridgehead atoms. The molecule has 3 nitrogen and oxygen atoms in total. The Kier molecular flexibility index (Phi) is 7.58. The number of amides is 2. The first-order valence-corrected chi connectivity index (χ1v) is 24.3. The second-order valence-electron chi connectivity index (χ2n) is 17.8. The van der Waals surface area contributed by atoms with E-state index in [0.29, 0.717) is 0 Å². The fraction of sp³-hybridized carbons (Fsp3) is 0. The molecule has 0 saturated carbocycles. The minimum absolute atomic E-state index is 0.0364. The molecule has 0 fully saturated rings. The van der Waals surface area contributed by atoms with E-state index in [1.807, 2.05) is 0 Å². The van der Waals surface area contributed by atoms with Crippen molar-refractivity contribution >= 4 is 149 Å². The maximum Gasteiger partial charge on any atom is 0.338 e. The highest BCUT2D eigenvalue weighted by Crippen LogP contribution is 2.52. The summed E-state index contributed by atoms with van der Waals surface area (Å²) in [6.07, 6.45) is 0. The fourth-order valence-electron chi connectivity index (χ4n) is 11.8. The quantitative estimate of drug-likeness (QED) is 0.162. The number of nitrogens with zero attached hydrogens (tertiary/aromatic N) is 2. The molecule has 3 aliphatic heterocycles. The maximum absolute atomic E-state index is 16.7. The van der Waals surface area contributed by atoms with Crippen LogP contribution < -0.4 is 42.6 Å². The molecule has 0 aliphatic carbocycles. The van der Waals surface area contributed by atoms with Crippen LogP contribution in [0.1, 0.15) is 0 Å². The number of urea groups is 1. The number of hydrogen-bond donors (Lipinski definition) is 0. The van der Waals surface area contributed by atoms with Crippen molar-refractivity contribution in [2.45, 2.75) is 0 Å². The van der Waals surface area contributed by atoms with E-state index in [2.05, 4.69) is 216 Å². The third-order valence-electron chi connectivity index (χ3n) is 14.5. The van der Waals surface area contributed by atoms with E-state index in [1.54, 1.807) is 22.7 Å². The van der Waals surface area contributed by atoms with Crippen LogP contribution in [0.2, 0.25) is 0 Å². The van der Waals surface area contributed by atoms with Crippen molar-refractivity contribution in [2.24, 2.45) is 0 Å². The van der Waals surface area contributed by atoms with E-state index in [4.69, 9.17) is 0 Å². The highest BCUT2D eigenvalue weighted by atomic mass is 32.1. The van der Waals surface area contributed by atoms with Crippen LogP contribution in [-0.2, 0) is 0 Å². The summed E-state index contributed by atoms with van der Waals surface area (Å²) in [4.78, 5) is 21.0. The van der Waals surface area contributed by atoms with Crippen molar-refractivity contribution in [1.29, 1.82) is 0 Å². The number of benzene rings is 10. The smallest absolute Gasteiger partial charge is 0.261 e. The second-order valence-corrected chi connectivity index (χ2v) is 19.9. The topological polar surface area (TPSA) is 23.6 Å². The van der Waals surface area contributed by atoms with Gasteiger partial charge in [-0.05, 0) is 61.6 Å². The molecular weight excluding hydrogens is 838 g/mol. The van der Waals surface area contributed by atoms with Crippen molar-refractivity contribution in [3.63, 3.8) is 0 Å². The molecule has 5 heterocycles. The Balaban J connectivity index is 1.11. The van der Waals surface area contributed by atoms with E-state index in [9.17, 15) is 0 Å². The third-order valence-corrected chi connectivity index (χ3v) is 16.9. The summed E-state index contributed by atoms with van der Waals surface area (Å²) in [6, 6.07) is 75.2. The van der Waals surface area contributed by atoms with Crippen LogP contribution in [0.5, 0.6) is 0 Å². The molecule has 15 rings (SSSR count). The Hall–Kier alpha value is -7.70. The van der Waals surface area contributed by atoms with E-state index in [0.717, 1.165) is 64.8 Å². The van der Waals surface area contributed by atoms with Crippen LogP contribution in [0, 0.1) is 0 Å². The highest BCUT2D eigenvalue weighted by molar-refractivity contribution is 7.27. The average Bonchev–Trinajstić information content (AvgIpc) is 3.96. The Bertz CT molecular complexity index is 3810. The number of anilines is 4. The largest absolute Gasteiger partial charge is 0.338 e. The Morgan fingerprint density at radius 2 is 0.727 bits per heavy atom. The van der Waals surface area contributed by atoms with Crippen LogP contribution in [0.4, 0.5) is 27.5 Å². The van der Waals surface area contributed by atoms with Crippen molar-refractivity contribution < 1.29 is 4.79 Å². The molecule has 0 saturated heterocycles. The first-order chi connectivity index (χ1) is 32.7. The lowest BCUT2D eigenvalue weighted by atomic mass is 9.33. The average molecular weight is 873 g/mol. The minimum Gasteiger partial charge on any atom is -0.261 e. The highest BCUT2D eigenvalue weighted by Gasteiger charge is 2.50. The summed E-state index contributed by atoms with van der Waals surface area (Å²) in [5.74, 6) is 0. The first-order valence-electron chi connectivity index (χ1n) is 22.6. The molecule has 66 heavy (non-hydrogen) atoms. The van der Waals surface area contributed by atoms with Gasteiger partial charge in [0, 0.05) is 36.3 Å². The van der Waals surface area contributed by atoms with Crippen LogP contribution in [-0.4, -0.2) is 19.5 Å². The van der Waals surface area contributed by atoms with Gasteiger partial charge in [-0.3, -0.25) is 9.80 Å². The number of fused-ring (bicyclic) bond motifs is 12. The number of carbonyl (C=O) groups is 1. The SMILES string of the molecule is O=C1N2c3c(ccc4c3sc3ccccc34)B(c3ccccc3-c3ccccc3)c3ccc4ccc5c(c4c32)N1c1c(ccc2c1sc1ccccc12)B5c1ccccc1-c1ccccc1. The number of rotatable bonds is 4. The monoisotopic (exact) mass is 872 g/mol. The summed E-state index contributed by atoms with van der Waals surface area (Å²) in [5, 5.41) is 7.04. The molecule has 0 spiro atoms. The van der Waals surface area contributed by atoms with Crippen LogP contribution in [0.3, 0.4) is 0 Å². The number of hydrogen-bond acceptors (Lipinski definition) is 3. The van der Waals surface area contributed by atoms with Crippen molar-refractivity contribution in [2.75, 3.05) is 9.80 Å². The lowest BCUT2D eigenvalue weighted by Crippen LogP contribution is -2.64. The second kappa shape index (κ2) is 13.7. The molecule has 10 aromatic carbocycles. The molecule has 7 heteroatoms. The van der Waals surface area contributed by atoms with Crippen LogP contribution >= 0.6 is 22.7 Å². The molecular formula is C59H34B2N2OS2. The van der Waals surface area contributed by atoms with Gasteiger partial charge >= 0.3 is 6.03 Å². The van der Waals surface area contributed by atoms with E-state index in [1.165, 1.54) is 64.1 Å². The molecule has 12 aromatic rings. The van der Waals surface area contributed by atoms with Gasteiger partial charge in [-0.1, -0.05) is 205 Å². The zero-order valence-electron chi connectivity index (χ0n) is 35.4. The summed E-state index contributed by atoms with van der Waals surface area (Å²) >= 11 is 3.60. The zero-order valence-corrected chi connectivity index (χ0v) is 37.0. The fourth-order valence-corrected chi connectivity index (χ4v) is 14.3. The van der Waals surface area contributed by atoms with E-state index in [-0.39, 0.29) is 19.5 Å². The zero-order chi connectivity index (χ0) is 43.2. The molecule has 0 unspecified atom stereocenters. The first kappa shape index (κ1) is 36.6. The molecule has 2 aromatic heterocycles. The van der Waals surface area contributed by atoms with Gasteiger partial charge in [0.15, 0.2) is 0 Å². The van der Waals surface area contributed by atoms with Gasteiger partial charge in [0.25, 0.3) is 0 Å². The minimum atomic E-state index is -0.142. The molecule has 3 aliphatic rings. The van der Waals surface area contributed by atoms with Gasteiger partial charge in [-0.25, -0.2) is 4.79 Å². The summed E-state index contributed by atoms with van der Waals surface area (Å²) < 4.78 is 4.71. The van der Waals surface area contributed by atoms with Crippen molar-refractivity contribution in [3.8, 4) is 22.3 Å². The van der Waals surface area contributed by atoms with Gasteiger partial charge in [-0.15, -0.1) is 22.7 Å². The lowest BCUT2D eigenvalue weighted by molar-refractivity contribution is 0.255. The summed E-state index contributed by atoms with van der Waals surface area (Å²) in [7, 11) is 0. The molecule has 2 amide bonds. The maximum atomic E-state index is 16.7. The van der Waals surface area contributed by atoms with Gasteiger partial charge in [-0.2, -0.15) is 0 Å². The number of thiophene rings is 2. The Morgan fingerprint density at radius 3 is 1.21 bits per heavy atom. The van der Waals surface area contributed by atoms with Crippen LogP contribution in [0.15, 0.2) is 206 Å². The predicted molar refractivity (Wildman–Crippen MR) is 285 cm³/mol. The predicted octanol–water partition coefficient (Wildman–Crippen LogP) is 12.0.